The van der Waals surface area contributed by atoms with Crippen LogP contribution < -0.4 is 10.1 Å². The third-order valence-electron chi connectivity index (χ3n) is 3.64. The molecule has 2 heterocycles. The molecule has 0 saturated carbocycles. The van der Waals surface area contributed by atoms with Gasteiger partial charge in [-0.2, -0.15) is 0 Å². The minimum atomic E-state index is -0.0418. The third kappa shape index (κ3) is 4.87. The molecule has 1 atom stereocenters. The van der Waals surface area contributed by atoms with Crippen LogP contribution in [0, 0.1) is 0 Å². The molecule has 1 aliphatic heterocycles. The topological polar surface area (TPSA) is 64.1 Å². The highest BCUT2D eigenvalue weighted by molar-refractivity contribution is 8.03. The maximum atomic E-state index is 12.0. The molecular weight excluding hydrogens is 362 g/mol. The Morgan fingerprint density at radius 1 is 1.25 bits per heavy atom. The van der Waals surface area contributed by atoms with Gasteiger partial charge >= 0.3 is 0 Å². The second-order valence-corrected chi connectivity index (χ2v) is 9.01. The predicted octanol–water partition coefficient (Wildman–Crippen LogP) is 3.60. The van der Waals surface area contributed by atoms with Crippen molar-refractivity contribution in [2.75, 3.05) is 13.7 Å². The molecule has 2 aromatic rings. The molecule has 0 aliphatic carbocycles. The number of benzene rings is 1. The van der Waals surface area contributed by atoms with Crippen molar-refractivity contribution < 1.29 is 9.53 Å². The summed E-state index contributed by atoms with van der Waals surface area (Å²) in [5.41, 5.74) is 1.22. The van der Waals surface area contributed by atoms with Gasteiger partial charge in [-0.15, -0.1) is 10.2 Å². The summed E-state index contributed by atoms with van der Waals surface area (Å²) in [6.45, 7) is 0.787. The number of hydrogen-bond acceptors (Lipinski definition) is 7. The first-order chi connectivity index (χ1) is 11.7. The van der Waals surface area contributed by atoms with E-state index in [1.165, 1.54) is 17.3 Å². The van der Waals surface area contributed by atoms with Gasteiger partial charge in [0, 0.05) is 12.3 Å². The zero-order valence-electron chi connectivity index (χ0n) is 13.4. The molecule has 1 fully saturated rings. The average molecular weight is 382 g/mol. The zero-order chi connectivity index (χ0) is 16.8. The smallest absolute Gasteiger partial charge is 0.233 e. The summed E-state index contributed by atoms with van der Waals surface area (Å²) in [5.74, 6) is 1.83. The summed E-state index contributed by atoms with van der Waals surface area (Å²) >= 11 is 4.76. The molecule has 8 heteroatoms. The molecule has 3 rings (SSSR count). The fraction of sp³-hybridized carbons (Fsp3) is 0.438. The van der Waals surface area contributed by atoms with Gasteiger partial charge in [0.1, 0.15) is 5.75 Å². The highest BCUT2D eigenvalue weighted by Crippen LogP contribution is 2.34. The number of nitrogens with zero attached hydrogens (tertiary/aromatic N) is 2. The monoisotopic (exact) mass is 381 g/mol. The van der Waals surface area contributed by atoms with Crippen LogP contribution in [0.15, 0.2) is 32.9 Å². The number of carbonyl (C=O) groups is 1. The molecule has 1 aliphatic rings. The number of hydrogen-bond donors (Lipinski definition) is 1. The molecule has 1 aromatic heterocycles. The summed E-state index contributed by atoms with van der Waals surface area (Å²) in [7, 11) is 1.67. The molecule has 1 saturated heterocycles. The summed E-state index contributed by atoms with van der Waals surface area (Å²) < 4.78 is 6.96. The molecule has 5 nitrogen and oxygen atoms in total. The van der Waals surface area contributed by atoms with Crippen LogP contribution >= 0.6 is 34.9 Å². The first-order valence-electron chi connectivity index (χ1n) is 7.78. The van der Waals surface area contributed by atoms with E-state index in [2.05, 4.69) is 27.6 Å². The quantitative estimate of drug-likeness (QED) is 0.772. The Balaban J connectivity index is 1.53. The number of amides is 1. The number of nitrogens with one attached hydrogen (secondary N) is 1. The molecule has 1 amide bonds. The molecule has 1 aromatic carbocycles. The van der Waals surface area contributed by atoms with E-state index in [9.17, 15) is 4.79 Å². The summed E-state index contributed by atoms with van der Waals surface area (Å²) in [5, 5.41) is 11.4. The Kier molecular flexibility index (Phi) is 6.39. The Labute approximate surface area is 154 Å². The molecule has 24 heavy (non-hydrogen) atoms. The van der Waals surface area contributed by atoms with E-state index in [-0.39, 0.29) is 11.2 Å². The lowest BCUT2D eigenvalue weighted by Crippen LogP contribution is -2.30. The van der Waals surface area contributed by atoms with Crippen molar-refractivity contribution in [2.24, 2.45) is 0 Å². The zero-order valence-corrected chi connectivity index (χ0v) is 15.8. The Hall–Kier alpha value is -1.25. The van der Waals surface area contributed by atoms with E-state index in [0.29, 0.717) is 0 Å². The molecule has 0 spiro atoms. The van der Waals surface area contributed by atoms with E-state index >= 15 is 0 Å². The molecule has 128 valence electrons. The van der Waals surface area contributed by atoms with Gasteiger partial charge in [-0.05, 0) is 30.5 Å². The number of rotatable bonds is 6. The maximum absolute atomic E-state index is 12.0. The highest BCUT2D eigenvalue weighted by atomic mass is 32.2. The van der Waals surface area contributed by atoms with Crippen LogP contribution in [-0.2, 0) is 10.5 Å². The minimum Gasteiger partial charge on any atom is -0.497 e. The van der Waals surface area contributed by atoms with Crippen LogP contribution in [0.25, 0.3) is 0 Å². The fourth-order valence-corrected chi connectivity index (χ4v) is 5.60. The second kappa shape index (κ2) is 8.73. The van der Waals surface area contributed by atoms with Crippen molar-refractivity contribution in [3.05, 3.63) is 29.8 Å². The number of aromatic nitrogens is 2. The lowest BCUT2D eigenvalue weighted by atomic mass is 10.2. The van der Waals surface area contributed by atoms with Crippen molar-refractivity contribution in [1.29, 1.82) is 0 Å². The van der Waals surface area contributed by atoms with Crippen molar-refractivity contribution in [2.45, 2.75) is 38.9 Å². The van der Waals surface area contributed by atoms with Crippen LogP contribution in [0.1, 0.15) is 24.8 Å². The molecule has 0 bridgehead atoms. The third-order valence-corrected chi connectivity index (χ3v) is 7.12. The van der Waals surface area contributed by atoms with Crippen molar-refractivity contribution in [3.8, 4) is 5.75 Å². The SMILES string of the molecule is COc1ccc(CSc2nnc(S[C@H]3CCCCNC3=O)s2)cc1. The lowest BCUT2D eigenvalue weighted by molar-refractivity contribution is -0.120. The Bertz CT molecular complexity index is 675. The molecular formula is C16H19N3O2S3. The van der Waals surface area contributed by atoms with Crippen molar-refractivity contribution in [3.63, 3.8) is 0 Å². The minimum absolute atomic E-state index is 0.0418. The van der Waals surface area contributed by atoms with E-state index in [1.54, 1.807) is 30.2 Å². The number of thioether (sulfide) groups is 2. The first kappa shape index (κ1) is 17.6. The number of carbonyl (C=O) groups excluding carboxylic acids is 1. The normalized spacial score (nSPS) is 18.0. The van der Waals surface area contributed by atoms with Gasteiger partial charge in [-0.1, -0.05) is 53.4 Å². The maximum Gasteiger partial charge on any atom is 0.233 e. The molecule has 0 unspecified atom stereocenters. The van der Waals surface area contributed by atoms with E-state index < -0.39 is 0 Å². The largest absolute Gasteiger partial charge is 0.497 e. The standard InChI is InChI=1S/C16H19N3O2S3/c1-21-12-7-5-11(6-8-12)10-22-15-18-19-16(24-15)23-13-4-2-3-9-17-14(13)20/h5-8,13H,2-4,9-10H2,1H3,(H,17,20)/t13-/m0/s1. The van der Waals surface area contributed by atoms with Gasteiger partial charge in [0.15, 0.2) is 8.68 Å². The van der Waals surface area contributed by atoms with Crippen LogP contribution in [0.3, 0.4) is 0 Å². The van der Waals surface area contributed by atoms with Gasteiger partial charge in [0.2, 0.25) is 5.91 Å². The molecule has 0 radical (unpaired) electrons. The summed E-state index contributed by atoms with van der Waals surface area (Å²) in [6, 6.07) is 8.03. The Morgan fingerprint density at radius 2 is 2.04 bits per heavy atom. The Morgan fingerprint density at radius 3 is 2.83 bits per heavy atom. The van der Waals surface area contributed by atoms with Crippen LogP contribution in [-0.4, -0.2) is 35.0 Å². The van der Waals surface area contributed by atoms with Gasteiger partial charge in [0.25, 0.3) is 0 Å². The summed E-state index contributed by atoms with van der Waals surface area (Å²) in [6.07, 6.45) is 3.04. The van der Waals surface area contributed by atoms with Gasteiger partial charge in [-0.25, -0.2) is 0 Å². The van der Waals surface area contributed by atoms with Gasteiger partial charge in [0.05, 0.1) is 12.4 Å². The number of ether oxygens (including phenoxy) is 1. The van der Waals surface area contributed by atoms with Gasteiger partial charge < -0.3 is 10.1 Å². The van der Waals surface area contributed by atoms with Crippen LogP contribution in [0.5, 0.6) is 5.75 Å². The molecule has 1 N–H and O–H groups in total. The fourth-order valence-electron chi connectivity index (χ4n) is 2.32. The van der Waals surface area contributed by atoms with Crippen LogP contribution in [0.2, 0.25) is 0 Å². The van der Waals surface area contributed by atoms with E-state index in [0.717, 1.165) is 46.0 Å². The van der Waals surface area contributed by atoms with Crippen molar-refractivity contribution in [1.82, 2.24) is 15.5 Å². The number of methoxy groups -OCH3 is 1. The average Bonchev–Trinajstić information content (AvgIpc) is 2.96. The van der Waals surface area contributed by atoms with Crippen molar-refractivity contribution >= 4 is 40.8 Å². The first-order valence-corrected chi connectivity index (χ1v) is 10.5. The van der Waals surface area contributed by atoms with E-state index in [4.69, 9.17) is 4.74 Å². The predicted molar refractivity (Wildman–Crippen MR) is 99.0 cm³/mol. The lowest BCUT2D eigenvalue weighted by Gasteiger charge is -2.09. The van der Waals surface area contributed by atoms with Gasteiger partial charge in [-0.3, -0.25) is 4.79 Å². The van der Waals surface area contributed by atoms with E-state index in [1.807, 2.05) is 12.1 Å². The second-order valence-electron chi connectivity index (χ2n) is 5.36. The summed E-state index contributed by atoms with van der Waals surface area (Å²) in [4.78, 5) is 12.0. The highest BCUT2D eigenvalue weighted by Gasteiger charge is 2.23. The van der Waals surface area contributed by atoms with Crippen LogP contribution in [0.4, 0.5) is 0 Å².